The normalized spacial score (nSPS) is 31.1. The molecule has 6 nitrogen and oxygen atoms in total. The predicted molar refractivity (Wildman–Crippen MR) is 173 cm³/mol. The number of carbonyl (C=O) groups excluding carboxylic acids is 4. The quantitative estimate of drug-likeness (QED) is 0.267. The van der Waals surface area contributed by atoms with Gasteiger partial charge in [0.2, 0.25) is 11.8 Å². The van der Waals surface area contributed by atoms with Crippen molar-refractivity contribution >= 4 is 29.0 Å². The van der Waals surface area contributed by atoms with Crippen molar-refractivity contribution in [3.8, 4) is 5.75 Å². The van der Waals surface area contributed by atoms with Crippen LogP contribution in [-0.4, -0.2) is 39.4 Å². The topological polar surface area (TPSA) is 91.8 Å². The van der Waals surface area contributed by atoms with Gasteiger partial charge in [0.05, 0.1) is 17.3 Å². The summed E-state index contributed by atoms with van der Waals surface area (Å²) >= 11 is 0. The predicted octanol–water partition coefficient (Wildman–Crippen LogP) is 6.55. The van der Waals surface area contributed by atoms with Crippen LogP contribution in [0.2, 0.25) is 0 Å². The van der Waals surface area contributed by atoms with E-state index in [4.69, 9.17) is 0 Å². The molecule has 0 aromatic heterocycles. The molecule has 3 aromatic rings. The molecule has 0 spiro atoms. The fourth-order valence-electron chi connectivity index (χ4n) is 9.67. The van der Waals surface area contributed by atoms with Crippen molar-refractivity contribution in [2.24, 2.45) is 23.7 Å². The largest absolute Gasteiger partial charge is 0.508 e. The summed E-state index contributed by atoms with van der Waals surface area (Å²) in [6.45, 7) is 0. The van der Waals surface area contributed by atoms with Crippen LogP contribution in [0.25, 0.3) is 5.57 Å². The van der Waals surface area contributed by atoms with Gasteiger partial charge in [-0.05, 0) is 54.9 Å². The number of rotatable bonds is 4. The number of aromatic hydroxyl groups is 1. The first-order chi connectivity index (χ1) is 22.4. The molecule has 2 saturated carbocycles. The third-order valence-corrected chi connectivity index (χ3v) is 11.6. The lowest BCUT2D eigenvalue weighted by Gasteiger charge is -2.55. The summed E-state index contributed by atoms with van der Waals surface area (Å²) in [5.74, 6) is -3.49. The van der Waals surface area contributed by atoms with Gasteiger partial charge in [0.1, 0.15) is 5.75 Å². The molecule has 1 heterocycles. The fourth-order valence-corrected chi connectivity index (χ4v) is 9.67. The molecule has 2 amide bonds. The van der Waals surface area contributed by atoms with Crippen molar-refractivity contribution in [1.29, 1.82) is 0 Å². The van der Waals surface area contributed by atoms with Gasteiger partial charge in [0.15, 0.2) is 11.6 Å². The number of para-hydroxylation sites is 1. The molecule has 1 saturated heterocycles. The first-order valence-electron chi connectivity index (χ1n) is 16.7. The minimum atomic E-state index is -1.33. The number of allylic oxidation sites excluding steroid dienone is 4. The molecule has 46 heavy (non-hydrogen) atoms. The molecule has 4 aliphatic carbocycles. The van der Waals surface area contributed by atoms with Crippen molar-refractivity contribution in [1.82, 2.24) is 4.90 Å². The number of fused-ring (bicyclic) bond motifs is 4. The summed E-state index contributed by atoms with van der Waals surface area (Å²) in [6, 6.07) is 25.7. The lowest BCUT2D eigenvalue weighted by molar-refractivity contribution is -0.144. The van der Waals surface area contributed by atoms with Crippen LogP contribution in [0.5, 0.6) is 5.75 Å². The number of phenolic OH excluding ortho intramolecular Hbond substituents is 1. The van der Waals surface area contributed by atoms with E-state index in [1.807, 2.05) is 72.8 Å². The molecule has 6 heteroatoms. The Morgan fingerprint density at radius 1 is 0.739 bits per heavy atom. The van der Waals surface area contributed by atoms with Gasteiger partial charge in [-0.25, -0.2) is 0 Å². The zero-order chi connectivity index (χ0) is 31.6. The molecule has 5 aliphatic rings. The molecule has 0 unspecified atom stereocenters. The first-order valence-corrected chi connectivity index (χ1v) is 16.7. The second kappa shape index (κ2) is 11.0. The molecular formula is C40H37NO5. The van der Waals surface area contributed by atoms with Crippen molar-refractivity contribution in [2.75, 3.05) is 0 Å². The lowest BCUT2D eigenvalue weighted by Crippen LogP contribution is -2.58. The smallest absolute Gasteiger partial charge is 0.233 e. The van der Waals surface area contributed by atoms with Crippen LogP contribution in [0.15, 0.2) is 103 Å². The van der Waals surface area contributed by atoms with Crippen molar-refractivity contribution in [3.63, 3.8) is 0 Å². The van der Waals surface area contributed by atoms with Crippen LogP contribution < -0.4 is 0 Å². The Hall–Kier alpha value is -4.58. The SMILES string of the molecule is O=C1C(c2ccccc2)=CC(=O)[C@@]2(c3ccccc3)[C@@H](c3ccccc3O)C3=CC[C@@H]4C(=O)N(C5CCCCC5)C(=O)[C@@H]4[C@@H]3C[C@@H]12. The molecule has 3 aromatic carbocycles. The molecule has 6 atom stereocenters. The Morgan fingerprint density at radius 2 is 1.41 bits per heavy atom. The summed E-state index contributed by atoms with van der Waals surface area (Å²) in [5.41, 5.74) is 1.88. The number of amides is 2. The van der Waals surface area contributed by atoms with E-state index >= 15 is 0 Å². The Labute approximate surface area is 268 Å². The minimum absolute atomic E-state index is 0.0426. The van der Waals surface area contributed by atoms with Gasteiger partial charge in [0.25, 0.3) is 0 Å². The Balaban J connectivity index is 1.35. The van der Waals surface area contributed by atoms with E-state index in [2.05, 4.69) is 6.08 Å². The summed E-state index contributed by atoms with van der Waals surface area (Å²) in [7, 11) is 0. The number of Topliss-reactive ketones (excluding diaryl/α,β-unsaturated/α-hetero) is 1. The van der Waals surface area contributed by atoms with Gasteiger partial charge in [0, 0.05) is 29.0 Å². The van der Waals surface area contributed by atoms with Crippen molar-refractivity contribution < 1.29 is 24.3 Å². The van der Waals surface area contributed by atoms with Crippen LogP contribution in [0, 0.1) is 23.7 Å². The number of imide groups is 1. The zero-order valence-electron chi connectivity index (χ0n) is 25.7. The number of benzene rings is 3. The third kappa shape index (κ3) is 4.08. The van der Waals surface area contributed by atoms with Gasteiger partial charge in [-0.15, -0.1) is 0 Å². The van der Waals surface area contributed by atoms with Crippen LogP contribution in [-0.2, 0) is 24.6 Å². The molecular weight excluding hydrogens is 574 g/mol. The van der Waals surface area contributed by atoms with Crippen molar-refractivity contribution in [2.45, 2.75) is 62.3 Å². The Kier molecular flexibility index (Phi) is 6.93. The Bertz CT molecular complexity index is 1800. The minimum Gasteiger partial charge on any atom is -0.508 e. The average molecular weight is 612 g/mol. The zero-order valence-corrected chi connectivity index (χ0v) is 25.7. The fraction of sp³-hybridized carbons (Fsp3) is 0.350. The second-order valence-corrected chi connectivity index (χ2v) is 13.7. The van der Waals surface area contributed by atoms with E-state index in [9.17, 15) is 24.3 Å². The number of ketones is 2. The van der Waals surface area contributed by atoms with E-state index in [0.717, 1.165) is 37.7 Å². The van der Waals surface area contributed by atoms with Crippen LogP contribution in [0.1, 0.15) is 67.6 Å². The maximum Gasteiger partial charge on any atom is 0.233 e. The molecule has 0 bridgehead atoms. The molecule has 0 radical (unpaired) electrons. The Morgan fingerprint density at radius 3 is 2.13 bits per heavy atom. The monoisotopic (exact) mass is 611 g/mol. The maximum absolute atomic E-state index is 15.0. The number of hydrogen-bond acceptors (Lipinski definition) is 5. The van der Waals surface area contributed by atoms with Crippen LogP contribution in [0.3, 0.4) is 0 Å². The number of likely N-dealkylation sites (tertiary alicyclic amines) is 1. The first kappa shape index (κ1) is 28.9. The summed E-state index contributed by atoms with van der Waals surface area (Å²) in [5, 5.41) is 11.4. The van der Waals surface area contributed by atoms with Gasteiger partial charge in [-0.3, -0.25) is 24.1 Å². The molecule has 1 aliphatic heterocycles. The molecule has 8 rings (SSSR count). The molecule has 232 valence electrons. The van der Waals surface area contributed by atoms with E-state index in [1.54, 1.807) is 17.0 Å². The lowest BCUT2D eigenvalue weighted by atomic mass is 9.44. The van der Waals surface area contributed by atoms with Crippen LogP contribution in [0.4, 0.5) is 0 Å². The number of hydrogen-bond donors (Lipinski definition) is 1. The summed E-state index contributed by atoms with van der Waals surface area (Å²) < 4.78 is 0. The summed E-state index contributed by atoms with van der Waals surface area (Å²) in [4.78, 5) is 59.8. The second-order valence-electron chi connectivity index (χ2n) is 13.7. The van der Waals surface area contributed by atoms with Gasteiger partial charge < -0.3 is 5.11 Å². The van der Waals surface area contributed by atoms with Crippen molar-refractivity contribution in [3.05, 3.63) is 119 Å². The average Bonchev–Trinajstić information content (AvgIpc) is 3.36. The number of carbonyl (C=O) groups is 4. The van der Waals surface area contributed by atoms with Gasteiger partial charge >= 0.3 is 0 Å². The van der Waals surface area contributed by atoms with Gasteiger partial charge in [-0.1, -0.05) is 110 Å². The number of phenols is 1. The molecule has 3 fully saturated rings. The van der Waals surface area contributed by atoms with E-state index in [0.29, 0.717) is 28.7 Å². The third-order valence-electron chi connectivity index (χ3n) is 11.6. The highest BCUT2D eigenvalue weighted by Gasteiger charge is 2.66. The molecule has 1 N–H and O–H groups in total. The summed E-state index contributed by atoms with van der Waals surface area (Å²) in [6.07, 6.45) is 9.05. The highest BCUT2D eigenvalue weighted by atomic mass is 16.3. The highest BCUT2D eigenvalue weighted by Crippen LogP contribution is 2.64. The van der Waals surface area contributed by atoms with Gasteiger partial charge in [-0.2, -0.15) is 0 Å². The maximum atomic E-state index is 15.0. The highest BCUT2D eigenvalue weighted by molar-refractivity contribution is 6.31. The van der Waals surface area contributed by atoms with E-state index < -0.39 is 35.0 Å². The number of nitrogens with zero attached hydrogens (tertiary/aromatic N) is 1. The van der Waals surface area contributed by atoms with E-state index in [-0.39, 0.29) is 41.6 Å². The van der Waals surface area contributed by atoms with E-state index in [1.165, 1.54) is 6.08 Å². The standard InChI is InChI=1S/C40H37NO5/c42-33-19-11-10-18-28(33)36-27-20-21-29-35(39(46)41(38(29)45)26-16-8-3-9-17-26)31(27)22-32-37(44)30(24-12-4-1-5-13-24)23-34(43)40(32,36)25-14-6-2-7-15-25/h1-2,4-7,10-15,18-20,23,26,29,31-32,35-36,42H,3,8-9,16-17,21-22H2/t29-,31+,32-,35-,36+,40-/m0/s1. The van der Waals surface area contributed by atoms with Crippen LogP contribution >= 0.6 is 0 Å².